The van der Waals surface area contributed by atoms with Crippen molar-refractivity contribution in [2.45, 2.75) is 19.1 Å². The molecule has 0 saturated heterocycles. The molecule has 23 heavy (non-hydrogen) atoms. The zero-order valence-corrected chi connectivity index (χ0v) is 14.4. The number of sulfone groups is 1. The van der Waals surface area contributed by atoms with Crippen molar-refractivity contribution < 1.29 is 8.42 Å². The van der Waals surface area contributed by atoms with Crippen LogP contribution in [0.4, 0.5) is 0 Å². The molecular formula is C15H16N4O2S2. The second-order valence-electron chi connectivity index (χ2n) is 5.27. The quantitative estimate of drug-likeness (QED) is 0.708. The second kappa shape index (κ2) is 6.21. The third kappa shape index (κ3) is 3.83. The molecule has 120 valence electrons. The van der Waals surface area contributed by atoms with Gasteiger partial charge in [-0.3, -0.25) is 0 Å². The molecule has 2 heterocycles. The van der Waals surface area contributed by atoms with Crippen molar-refractivity contribution in [3.8, 4) is 17.1 Å². The lowest BCUT2D eigenvalue weighted by atomic mass is 10.1. The van der Waals surface area contributed by atoms with Crippen LogP contribution in [0.5, 0.6) is 0 Å². The van der Waals surface area contributed by atoms with Gasteiger partial charge in [-0.1, -0.05) is 24.3 Å². The summed E-state index contributed by atoms with van der Waals surface area (Å²) in [5, 5.41) is 10.6. The zero-order chi connectivity index (χ0) is 16.4. The SMILES string of the molecule is CCc1cccc(-n2cc(-c3csc(CS(C)(=O)=O)n3)nn2)c1. The fourth-order valence-electron chi connectivity index (χ4n) is 2.15. The van der Waals surface area contributed by atoms with Crippen molar-refractivity contribution in [3.63, 3.8) is 0 Å². The molecule has 8 heteroatoms. The molecule has 3 aromatic rings. The van der Waals surface area contributed by atoms with Gasteiger partial charge in [0.1, 0.15) is 22.1 Å². The number of thiazole rings is 1. The fourth-order valence-corrected chi connectivity index (χ4v) is 4.15. The second-order valence-corrected chi connectivity index (χ2v) is 8.35. The summed E-state index contributed by atoms with van der Waals surface area (Å²) in [5.74, 6) is -0.0512. The molecule has 3 rings (SSSR count). The fraction of sp³-hybridized carbons (Fsp3) is 0.267. The molecule has 6 nitrogen and oxygen atoms in total. The van der Waals surface area contributed by atoms with E-state index in [1.165, 1.54) is 23.2 Å². The van der Waals surface area contributed by atoms with E-state index < -0.39 is 9.84 Å². The van der Waals surface area contributed by atoms with Crippen LogP contribution in [0.3, 0.4) is 0 Å². The van der Waals surface area contributed by atoms with Gasteiger partial charge in [0.2, 0.25) is 0 Å². The Morgan fingerprint density at radius 2 is 2.09 bits per heavy atom. The van der Waals surface area contributed by atoms with Crippen LogP contribution >= 0.6 is 11.3 Å². The van der Waals surface area contributed by atoms with Crippen LogP contribution in [-0.4, -0.2) is 34.7 Å². The minimum Gasteiger partial charge on any atom is -0.238 e. The maximum absolute atomic E-state index is 11.3. The van der Waals surface area contributed by atoms with Gasteiger partial charge in [-0.15, -0.1) is 16.4 Å². The van der Waals surface area contributed by atoms with Crippen LogP contribution in [0.25, 0.3) is 17.1 Å². The van der Waals surface area contributed by atoms with Crippen molar-refractivity contribution >= 4 is 21.2 Å². The first kappa shape index (κ1) is 15.8. The first-order chi connectivity index (χ1) is 10.9. The standard InChI is InChI=1S/C15H16N4O2S2/c1-3-11-5-4-6-12(7-11)19-8-13(17-18-19)14-9-22-15(16-14)10-23(2,20)21/h4-9H,3,10H2,1-2H3. The lowest BCUT2D eigenvalue weighted by molar-refractivity contribution is 0.601. The Morgan fingerprint density at radius 1 is 1.26 bits per heavy atom. The van der Waals surface area contributed by atoms with Crippen LogP contribution < -0.4 is 0 Å². The number of rotatable bonds is 5. The minimum atomic E-state index is -3.08. The molecular weight excluding hydrogens is 332 g/mol. The van der Waals surface area contributed by atoms with Gasteiger partial charge in [-0.25, -0.2) is 18.1 Å². The van der Waals surface area contributed by atoms with E-state index in [0.29, 0.717) is 16.4 Å². The molecule has 0 amide bonds. The molecule has 0 aliphatic heterocycles. The monoisotopic (exact) mass is 348 g/mol. The molecule has 0 aliphatic carbocycles. The molecule has 0 saturated carbocycles. The first-order valence-electron chi connectivity index (χ1n) is 7.09. The van der Waals surface area contributed by atoms with Gasteiger partial charge < -0.3 is 0 Å². The van der Waals surface area contributed by atoms with Gasteiger partial charge in [0.15, 0.2) is 9.84 Å². The Bertz CT molecular complexity index is 928. The average molecular weight is 348 g/mol. The van der Waals surface area contributed by atoms with Crippen LogP contribution in [0.1, 0.15) is 17.5 Å². The average Bonchev–Trinajstić information content (AvgIpc) is 3.14. The number of hydrogen-bond acceptors (Lipinski definition) is 6. The van der Waals surface area contributed by atoms with Gasteiger partial charge in [0.05, 0.1) is 11.9 Å². The van der Waals surface area contributed by atoms with Gasteiger partial charge in [-0.2, -0.15) is 0 Å². The van der Waals surface area contributed by atoms with Crippen LogP contribution in [0, 0.1) is 0 Å². The molecule has 0 fully saturated rings. The summed E-state index contributed by atoms with van der Waals surface area (Å²) in [7, 11) is -3.08. The first-order valence-corrected chi connectivity index (χ1v) is 10.0. The number of hydrogen-bond donors (Lipinski definition) is 0. The molecule has 0 N–H and O–H groups in total. The molecule has 0 bridgehead atoms. The highest BCUT2D eigenvalue weighted by atomic mass is 32.2. The van der Waals surface area contributed by atoms with Crippen molar-refractivity contribution in [2.75, 3.05) is 6.26 Å². The summed E-state index contributed by atoms with van der Waals surface area (Å²) in [6.45, 7) is 2.10. The highest BCUT2D eigenvalue weighted by Crippen LogP contribution is 2.22. The Hall–Kier alpha value is -2.06. The van der Waals surface area contributed by atoms with Crippen molar-refractivity contribution in [1.82, 2.24) is 20.0 Å². The lowest BCUT2D eigenvalue weighted by Gasteiger charge is -2.01. The Kier molecular flexibility index (Phi) is 4.27. The zero-order valence-electron chi connectivity index (χ0n) is 12.8. The van der Waals surface area contributed by atoms with Crippen LogP contribution in [0.2, 0.25) is 0 Å². The van der Waals surface area contributed by atoms with E-state index in [9.17, 15) is 8.42 Å². The normalized spacial score (nSPS) is 11.7. The van der Waals surface area contributed by atoms with E-state index in [-0.39, 0.29) is 5.75 Å². The largest absolute Gasteiger partial charge is 0.238 e. The maximum atomic E-state index is 11.3. The molecule has 0 atom stereocenters. The van der Waals surface area contributed by atoms with E-state index in [1.807, 2.05) is 12.1 Å². The van der Waals surface area contributed by atoms with Gasteiger partial charge in [-0.05, 0) is 24.1 Å². The molecule has 0 radical (unpaired) electrons. The minimum absolute atomic E-state index is 0.0512. The topological polar surface area (TPSA) is 77.7 Å². The highest BCUT2D eigenvalue weighted by Gasteiger charge is 2.13. The Labute approximate surface area is 138 Å². The smallest absolute Gasteiger partial charge is 0.153 e. The number of aromatic nitrogens is 4. The predicted molar refractivity (Wildman–Crippen MR) is 90.4 cm³/mol. The van der Waals surface area contributed by atoms with Gasteiger partial charge in [0.25, 0.3) is 0 Å². The van der Waals surface area contributed by atoms with Crippen molar-refractivity contribution in [1.29, 1.82) is 0 Å². The molecule has 0 unspecified atom stereocenters. The number of nitrogens with zero attached hydrogens (tertiary/aromatic N) is 4. The Balaban J connectivity index is 1.87. The van der Waals surface area contributed by atoms with Crippen molar-refractivity contribution in [3.05, 3.63) is 46.4 Å². The number of aryl methyl sites for hydroxylation is 1. The van der Waals surface area contributed by atoms with E-state index in [1.54, 1.807) is 16.3 Å². The van der Waals surface area contributed by atoms with E-state index in [4.69, 9.17) is 0 Å². The summed E-state index contributed by atoms with van der Waals surface area (Å²) in [5.41, 5.74) is 3.44. The molecule has 0 aliphatic rings. The van der Waals surface area contributed by atoms with Crippen LogP contribution in [-0.2, 0) is 22.0 Å². The predicted octanol–water partition coefficient (Wildman–Crippen LogP) is 2.50. The van der Waals surface area contributed by atoms with Gasteiger partial charge in [0, 0.05) is 11.6 Å². The van der Waals surface area contributed by atoms with E-state index in [0.717, 1.165) is 12.1 Å². The number of benzene rings is 1. The van der Waals surface area contributed by atoms with E-state index in [2.05, 4.69) is 34.4 Å². The van der Waals surface area contributed by atoms with Crippen LogP contribution in [0.15, 0.2) is 35.8 Å². The molecule has 0 spiro atoms. The third-order valence-corrected chi connectivity index (χ3v) is 5.11. The van der Waals surface area contributed by atoms with E-state index >= 15 is 0 Å². The highest BCUT2D eigenvalue weighted by molar-refractivity contribution is 7.90. The lowest BCUT2D eigenvalue weighted by Crippen LogP contribution is -1.99. The summed E-state index contributed by atoms with van der Waals surface area (Å²) >= 11 is 1.32. The third-order valence-electron chi connectivity index (χ3n) is 3.28. The van der Waals surface area contributed by atoms with Crippen molar-refractivity contribution in [2.24, 2.45) is 0 Å². The summed E-state index contributed by atoms with van der Waals surface area (Å²) in [6, 6.07) is 8.09. The molecule has 2 aromatic heterocycles. The summed E-state index contributed by atoms with van der Waals surface area (Å²) in [4.78, 5) is 4.33. The summed E-state index contributed by atoms with van der Waals surface area (Å²) in [6.07, 6.45) is 3.95. The maximum Gasteiger partial charge on any atom is 0.153 e. The Morgan fingerprint density at radius 3 is 2.83 bits per heavy atom. The van der Waals surface area contributed by atoms with Gasteiger partial charge >= 0.3 is 0 Å². The molecule has 1 aromatic carbocycles. The summed E-state index contributed by atoms with van der Waals surface area (Å²) < 4.78 is 24.4.